The Labute approximate surface area is 134 Å². The second kappa shape index (κ2) is 4.72. The molecule has 4 rings (SSSR count). The first kappa shape index (κ1) is 14.1. The van der Waals surface area contributed by atoms with Crippen molar-refractivity contribution in [2.24, 2.45) is 5.41 Å². The fraction of sp³-hybridized carbons (Fsp3) is 0.471. The van der Waals surface area contributed by atoms with Crippen molar-refractivity contribution in [3.8, 4) is 11.8 Å². The van der Waals surface area contributed by atoms with Crippen LogP contribution in [-0.2, 0) is 10.3 Å². The number of benzene rings is 1. The third kappa shape index (κ3) is 1.86. The van der Waals surface area contributed by atoms with Crippen LogP contribution < -0.4 is 10.1 Å². The minimum Gasteiger partial charge on any atom is -0.493 e. The molecule has 1 N–H and O–H groups in total. The Kier molecular flexibility index (Phi) is 2.89. The van der Waals surface area contributed by atoms with Crippen molar-refractivity contribution in [3.63, 3.8) is 0 Å². The topological polar surface area (TPSA) is 82.4 Å². The molecule has 0 radical (unpaired) electrons. The van der Waals surface area contributed by atoms with Gasteiger partial charge in [0.15, 0.2) is 5.54 Å². The summed E-state index contributed by atoms with van der Waals surface area (Å²) in [6, 6.07) is 9.19. The van der Waals surface area contributed by atoms with Crippen LogP contribution >= 0.6 is 0 Å². The Morgan fingerprint density at radius 3 is 2.74 bits per heavy atom. The molecule has 118 valence electrons. The predicted octanol–water partition coefficient (Wildman–Crippen LogP) is 1.91. The molecule has 1 atom stereocenters. The van der Waals surface area contributed by atoms with Crippen LogP contribution in [-0.4, -0.2) is 30.0 Å². The van der Waals surface area contributed by atoms with Gasteiger partial charge in [-0.05, 0) is 18.9 Å². The van der Waals surface area contributed by atoms with Crippen LogP contribution in [0.1, 0.15) is 31.2 Å². The van der Waals surface area contributed by atoms with E-state index in [2.05, 4.69) is 11.4 Å². The number of nitrogens with one attached hydrogen (secondary N) is 1. The van der Waals surface area contributed by atoms with E-state index in [4.69, 9.17) is 4.74 Å². The summed E-state index contributed by atoms with van der Waals surface area (Å²) in [6.07, 6.45) is 2.87. The van der Waals surface area contributed by atoms with E-state index in [0.717, 1.165) is 19.3 Å². The van der Waals surface area contributed by atoms with Crippen LogP contribution in [0.4, 0.5) is 4.79 Å². The number of fused-ring (bicyclic) bond motifs is 2. The molecule has 2 aliphatic heterocycles. The van der Waals surface area contributed by atoms with Gasteiger partial charge in [0.1, 0.15) is 5.75 Å². The quantitative estimate of drug-likeness (QED) is 0.846. The second-order valence-corrected chi connectivity index (χ2v) is 6.57. The third-order valence-corrected chi connectivity index (χ3v) is 5.27. The number of amides is 3. The van der Waals surface area contributed by atoms with Crippen molar-refractivity contribution in [2.75, 3.05) is 13.2 Å². The zero-order chi connectivity index (χ0) is 16.1. The lowest BCUT2D eigenvalue weighted by molar-refractivity contribution is -0.134. The van der Waals surface area contributed by atoms with Crippen molar-refractivity contribution >= 4 is 11.9 Å². The van der Waals surface area contributed by atoms with Gasteiger partial charge in [0.05, 0.1) is 18.1 Å². The summed E-state index contributed by atoms with van der Waals surface area (Å²) in [7, 11) is 0. The number of nitrogens with zero attached hydrogens (tertiary/aromatic N) is 2. The average molecular weight is 311 g/mol. The minimum absolute atomic E-state index is 0.180. The van der Waals surface area contributed by atoms with E-state index in [9.17, 15) is 14.9 Å². The molecule has 1 aliphatic carbocycles. The molecule has 1 saturated heterocycles. The van der Waals surface area contributed by atoms with Gasteiger partial charge in [0, 0.05) is 18.5 Å². The molecule has 3 aliphatic rings. The van der Waals surface area contributed by atoms with E-state index in [-0.39, 0.29) is 12.5 Å². The maximum atomic E-state index is 13.1. The van der Waals surface area contributed by atoms with E-state index < -0.39 is 17.0 Å². The predicted molar refractivity (Wildman–Crippen MR) is 80.4 cm³/mol. The summed E-state index contributed by atoms with van der Waals surface area (Å²) in [5.41, 5.74) is -0.915. The number of imide groups is 1. The van der Waals surface area contributed by atoms with Gasteiger partial charge < -0.3 is 10.1 Å². The van der Waals surface area contributed by atoms with E-state index in [1.165, 1.54) is 4.90 Å². The van der Waals surface area contributed by atoms with Gasteiger partial charge in [-0.3, -0.25) is 9.69 Å². The summed E-state index contributed by atoms with van der Waals surface area (Å²) < 4.78 is 5.61. The van der Waals surface area contributed by atoms with Crippen LogP contribution in [0.25, 0.3) is 0 Å². The highest BCUT2D eigenvalue weighted by atomic mass is 16.5. The molecule has 6 heteroatoms. The maximum absolute atomic E-state index is 13.1. The lowest BCUT2D eigenvalue weighted by Gasteiger charge is -2.38. The van der Waals surface area contributed by atoms with Crippen LogP contribution in [0.3, 0.4) is 0 Å². The Morgan fingerprint density at radius 2 is 2.04 bits per heavy atom. The van der Waals surface area contributed by atoms with Crippen molar-refractivity contribution in [2.45, 2.75) is 31.2 Å². The highest BCUT2D eigenvalue weighted by Crippen LogP contribution is 2.45. The maximum Gasteiger partial charge on any atom is 0.325 e. The molecule has 1 aromatic rings. The molecule has 0 bridgehead atoms. The smallest absolute Gasteiger partial charge is 0.325 e. The Balaban J connectivity index is 1.70. The van der Waals surface area contributed by atoms with Gasteiger partial charge in [-0.15, -0.1) is 0 Å². The molecular weight excluding hydrogens is 294 g/mol. The van der Waals surface area contributed by atoms with Gasteiger partial charge >= 0.3 is 6.03 Å². The Hall–Kier alpha value is -2.55. The first-order valence-corrected chi connectivity index (χ1v) is 7.88. The molecule has 1 aromatic carbocycles. The monoisotopic (exact) mass is 311 g/mol. The zero-order valence-corrected chi connectivity index (χ0v) is 12.7. The van der Waals surface area contributed by atoms with E-state index in [1.54, 1.807) is 6.07 Å². The van der Waals surface area contributed by atoms with Gasteiger partial charge in [0.25, 0.3) is 5.91 Å². The molecule has 0 aromatic heterocycles. The number of rotatable bonds is 2. The first-order chi connectivity index (χ1) is 11.1. The van der Waals surface area contributed by atoms with Crippen molar-refractivity contribution in [1.29, 1.82) is 5.26 Å². The number of nitriles is 1. The second-order valence-electron chi connectivity index (χ2n) is 6.57. The van der Waals surface area contributed by atoms with Crippen LogP contribution in [0.2, 0.25) is 0 Å². The van der Waals surface area contributed by atoms with Crippen molar-refractivity contribution in [1.82, 2.24) is 10.2 Å². The largest absolute Gasteiger partial charge is 0.493 e. The minimum atomic E-state index is -1.05. The van der Waals surface area contributed by atoms with Gasteiger partial charge in [-0.25, -0.2) is 4.79 Å². The van der Waals surface area contributed by atoms with Crippen molar-refractivity contribution < 1.29 is 14.3 Å². The molecule has 1 spiro atoms. The summed E-state index contributed by atoms with van der Waals surface area (Å²) in [4.78, 5) is 26.7. The van der Waals surface area contributed by atoms with Gasteiger partial charge in [0.2, 0.25) is 0 Å². The highest BCUT2D eigenvalue weighted by molar-refractivity contribution is 6.08. The number of carbonyl (C=O) groups excluding carboxylic acids is 2. The van der Waals surface area contributed by atoms with Crippen LogP contribution in [0.5, 0.6) is 5.75 Å². The number of hydrogen-bond acceptors (Lipinski definition) is 4. The average Bonchev–Trinajstić information content (AvgIpc) is 2.76. The van der Waals surface area contributed by atoms with E-state index in [1.807, 2.05) is 18.2 Å². The van der Waals surface area contributed by atoms with E-state index in [0.29, 0.717) is 24.3 Å². The Morgan fingerprint density at radius 1 is 1.26 bits per heavy atom. The normalized spacial score (nSPS) is 27.7. The molecule has 1 saturated carbocycles. The summed E-state index contributed by atoms with van der Waals surface area (Å²) in [6.45, 7) is 0.555. The lowest BCUT2D eigenvalue weighted by atomic mass is 9.69. The standard InChI is InChI=1S/C17H17N3O3/c18-10-16(6-3-7-16)11-20-14(21)17(19-15(20)22)8-9-23-13-5-2-1-4-12(13)17/h1-2,4-5H,3,6-9,11H2,(H,19,22). The molecule has 1 unspecified atom stereocenters. The third-order valence-electron chi connectivity index (χ3n) is 5.27. The SMILES string of the molecule is N#CC1(CN2C(=O)NC3(CCOc4ccccc43)C2=O)CCC1. The lowest BCUT2D eigenvalue weighted by Crippen LogP contribution is -2.48. The van der Waals surface area contributed by atoms with Crippen molar-refractivity contribution in [3.05, 3.63) is 29.8 Å². The number of hydrogen-bond donors (Lipinski definition) is 1. The summed E-state index contributed by atoms with van der Waals surface area (Å²) in [5.74, 6) is 0.368. The van der Waals surface area contributed by atoms with Crippen LogP contribution in [0.15, 0.2) is 24.3 Å². The molecule has 6 nitrogen and oxygen atoms in total. The fourth-order valence-electron chi connectivity index (χ4n) is 3.73. The van der Waals surface area contributed by atoms with E-state index >= 15 is 0 Å². The molecule has 2 heterocycles. The summed E-state index contributed by atoms with van der Waals surface area (Å²) >= 11 is 0. The number of carbonyl (C=O) groups is 2. The number of urea groups is 1. The number of para-hydroxylation sites is 1. The molecule has 23 heavy (non-hydrogen) atoms. The summed E-state index contributed by atoms with van der Waals surface area (Å²) in [5, 5.41) is 12.3. The first-order valence-electron chi connectivity index (χ1n) is 7.88. The Bertz CT molecular complexity index is 735. The fourth-order valence-corrected chi connectivity index (χ4v) is 3.73. The number of ether oxygens (including phenoxy) is 1. The van der Waals surface area contributed by atoms with Crippen LogP contribution in [0, 0.1) is 16.7 Å². The van der Waals surface area contributed by atoms with Gasteiger partial charge in [-0.2, -0.15) is 5.26 Å². The van der Waals surface area contributed by atoms with Gasteiger partial charge in [-0.1, -0.05) is 24.6 Å². The molecular formula is C17H17N3O3. The highest BCUT2D eigenvalue weighted by Gasteiger charge is 2.56. The molecule has 3 amide bonds. The zero-order valence-electron chi connectivity index (χ0n) is 12.7. The molecule has 2 fully saturated rings.